The molecule has 1 heterocycles. The molecule has 1 saturated heterocycles. The largest absolute Gasteiger partial charge is 0.303 e. The second kappa shape index (κ2) is 7.24. The van der Waals surface area contributed by atoms with E-state index in [4.69, 9.17) is 0 Å². The Bertz CT molecular complexity index is 741. The minimum Gasteiger partial charge on any atom is -0.303 e. The molecule has 2 aromatic rings. The van der Waals surface area contributed by atoms with E-state index in [0.717, 1.165) is 16.8 Å². The normalized spacial score (nSPS) is 19.9. The minimum atomic E-state index is -0.150. The van der Waals surface area contributed by atoms with Crippen molar-refractivity contribution in [3.63, 3.8) is 0 Å². The Balaban J connectivity index is 1.67. The summed E-state index contributed by atoms with van der Waals surface area (Å²) in [5.74, 6) is -0.00910. The SMILES string of the molecule is CC(=N/N=C1\NC(=O)[C@@H](Cc2ccccc2)S1)c1ccccc1. The first-order valence-corrected chi connectivity index (χ1v) is 8.29. The molecule has 1 N–H and O–H groups in total. The van der Waals surface area contributed by atoms with Gasteiger partial charge in [0.25, 0.3) is 0 Å². The fourth-order valence-electron chi connectivity index (χ4n) is 2.27. The predicted octanol–water partition coefficient (Wildman–Crippen LogP) is 3.24. The van der Waals surface area contributed by atoms with Crippen molar-refractivity contribution in [2.45, 2.75) is 18.6 Å². The first-order valence-electron chi connectivity index (χ1n) is 7.41. The summed E-state index contributed by atoms with van der Waals surface area (Å²) in [5, 5.41) is 11.6. The third-order valence-electron chi connectivity index (χ3n) is 3.52. The number of benzene rings is 2. The molecular formula is C18H17N3OS. The van der Waals surface area contributed by atoms with Gasteiger partial charge in [-0.15, -0.1) is 5.10 Å². The average Bonchev–Trinajstić information content (AvgIpc) is 2.94. The molecule has 0 aromatic heterocycles. The molecule has 0 aliphatic carbocycles. The standard InChI is InChI=1S/C18H17N3OS/c1-13(15-10-6-3-7-11-15)20-21-18-19-17(22)16(23-18)12-14-8-4-2-5-9-14/h2-11,16H,12H2,1H3,(H,19,21,22)/t16-/m1/s1. The predicted molar refractivity (Wildman–Crippen MR) is 95.8 cm³/mol. The lowest BCUT2D eigenvalue weighted by atomic mass is 10.1. The van der Waals surface area contributed by atoms with Gasteiger partial charge in [0.05, 0.1) is 11.0 Å². The summed E-state index contributed by atoms with van der Waals surface area (Å²) in [7, 11) is 0. The highest BCUT2D eigenvalue weighted by Crippen LogP contribution is 2.23. The fourth-order valence-corrected chi connectivity index (χ4v) is 3.23. The monoisotopic (exact) mass is 323 g/mol. The summed E-state index contributed by atoms with van der Waals surface area (Å²) < 4.78 is 0. The number of amides is 1. The minimum absolute atomic E-state index is 0.00910. The molecule has 0 saturated carbocycles. The van der Waals surface area contributed by atoms with Gasteiger partial charge in [-0.05, 0) is 24.5 Å². The number of hydrogen-bond donors (Lipinski definition) is 1. The Labute approximate surface area is 139 Å². The van der Waals surface area contributed by atoms with Crippen LogP contribution in [0.3, 0.4) is 0 Å². The zero-order valence-electron chi connectivity index (χ0n) is 12.8. The maximum Gasteiger partial charge on any atom is 0.239 e. The van der Waals surface area contributed by atoms with Crippen LogP contribution in [0.15, 0.2) is 70.9 Å². The summed E-state index contributed by atoms with van der Waals surface area (Å²) in [6.07, 6.45) is 0.692. The van der Waals surface area contributed by atoms with E-state index in [1.165, 1.54) is 11.8 Å². The van der Waals surface area contributed by atoms with Crippen LogP contribution in [0.2, 0.25) is 0 Å². The second-order valence-corrected chi connectivity index (χ2v) is 6.43. The molecule has 1 fully saturated rings. The van der Waals surface area contributed by atoms with Crippen molar-refractivity contribution in [1.29, 1.82) is 0 Å². The molecular weight excluding hydrogens is 306 g/mol. The van der Waals surface area contributed by atoms with E-state index in [0.29, 0.717) is 11.6 Å². The van der Waals surface area contributed by atoms with E-state index >= 15 is 0 Å². The molecule has 3 rings (SSSR count). The van der Waals surface area contributed by atoms with Crippen LogP contribution in [0.5, 0.6) is 0 Å². The zero-order chi connectivity index (χ0) is 16.1. The van der Waals surface area contributed by atoms with Crippen molar-refractivity contribution in [3.8, 4) is 0 Å². The lowest BCUT2D eigenvalue weighted by Gasteiger charge is -2.04. The lowest BCUT2D eigenvalue weighted by molar-refractivity contribution is -0.118. The molecule has 116 valence electrons. The molecule has 1 aliphatic rings. The van der Waals surface area contributed by atoms with Crippen molar-refractivity contribution in [2.24, 2.45) is 10.2 Å². The van der Waals surface area contributed by atoms with Gasteiger partial charge in [0.2, 0.25) is 5.91 Å². The summed E-state index contributed by atoms with van der Waals surface area (Å²) in [5.41, 5.74) is 2.98. The maximum absolute atomic E-state index is 12.0. The molecule has 1 atom stereocenters. The molecule has 2 aromatic carbocycles. The number of rotatable bonds is 4. The van der Waals surface area contributed by atoms with Crippen LogP contribution in [0.25, 0.3) is 0 Å². The van der Waals surface area contributed by atoms with Gasteiger partial charge >= 0.3 is 0 Å². The van der Waals surface area contributed by atoms with Crippen LogP contribution >= 0.6 is 11.8 Å². The Morgan fingerprint density at radius 1 is 1.09 bits per heavy atom. The number of nitrogens with one attached hydrogen (secondary N) is 1. The van der Waals surface area contributed by atoms with Crippen molar-refractivity contribution < 1.29 is 4.79 Å². The number of carbonyl (C=O) groups is 1. The molecule has 1 aliphatic heterocycles. The third kappa shape index (κ3) is 4.07. The van der Waals surface area contributed by atoms with Crippen molar-refractivity contribution in [3.05, 3.63) is 71.8 Å². The highest BCUT2D eigenvalue weighted by atomic mass is 32.2. The number of thioether (sulfide) groups is 1. The summed E-state index contributed by atoms with van der Waals surface area (Å²) in [6, 6.07) is 19.8. The molecule has 23 heavy (non-hydrogen) atoms. The average molecular weight is 323 g/mol. The van der Waals surface area contributed by atoms with E-state index in [2.05, 4.69) is 15.5 Å². The highest BCUT2D eigenvalue weighted by Gasteiger charge is 2.30. The summed E-state index contributed by atoms with van der Waals surface area (Å²) >= 11 is 1.43. The van der Waals surface area contributed by atoms with Gasteiger partial charge in [-0.3, -0.25) is 4.79 Å². The van der Waals surface area contributed by atoms with Crippen molar-refractivity contribution in [1.82, 2.24) is 5.32 Å². The van der Waals surface area contributed by atoms with E-state index in [9.17, 15) is 4.79 Å². The van der Waals surface area contributed by atoms with E-state index in [1.807, 2.05) is 67.6 Å². The van der Waals surface area contributed by atoms with Crippen LogP contribution in [-0.4, -0.2) is 22.0 Å². The van der Waals surface area contributed by atoms with E-state index in [1.54, 1.807) is 0 Å². The first kappa shape index (κ1) is 15.5. The van der Waals surface area contributed by atoms with E-state index in [-0.39, 0.29) is 11.2 Å². The second-order valence-electron chi connectivity index (χ2n) is 5.24. The van der Waals surface area contributed by atoms with Gasteiger partial charge in [0.15, 0.2) is 5.17 Å². The van der Waals surface area contributed by atoms with Crippen LogP contribution in [0, 0.1) is 0 Å². The molecule has 1 amide bonds. The van der Waals surface area contributed by atoms with Gasteiger partial charge in [-0.25, -0.2) is 0 Å². The van der Waals surface area contributed by atoms with Crippen LogP contribution < -0.4 is 5.32 Å². The number of hydrogen-bond acceptors (Lipinski definition) is 4. The summed E-state index contributed by atoms with van der Waals surface area (Å²) in [4.78, 5) is 12.0. The smallest absolute Gasteiger partial charge is 0.239 e. The van der Waals surface area contributed by atoms with E-state index < -0.39 is 0 Å². The first-order chi connectivity index (χ1) is 11.2. The highest BCUT2D eigenvalue weighted by molar-refractivity contribution is 8.15. The number of amidine groups is 1. The van der Waals surface area contributed by atoms with Crippen LogP contribution in [0.4, 0.5) is 0 Å². The van der Waals surface area contributed by atoms with Gasteiger partial charge < -0.3 is 5.32 Å². The van der Waals surface area contributed by atoms with Gasteiger partial charge in [-0.1, -0.05) is 72.4 Å². The Kier molecular flexibility index (Phi) is 4.88. The molecule has 4 nitrogen and oxygen atoms in total. The quantitative estimate of drug-likeness (QED) is 0.694. The Morgan fingerprint density at radius 2 is 1.74 bits per heavy atom. The van der Waals surface area contributed by atoms with Gasteiger partial charge in [0.1, 0.15) is 0 Å². The fraction of sp³-hybridized carbons (Fsp3) is 0.167. The maximum atomic E-state index is 12.0. The zero-order valence-corrected chi connectivity index (χ0v) is 13.6. The molecule has 5 heteroatoms. The number of carbonyl (C=O) groups excluding carboxylic acids is 1. The third-order valence-corrected chi connectivity index (χ3v) is 4.59. The van der Waals surface area contributed by atoms with Crippen LogP contribution in [-0.2, 0) is 11.2 Å². The molecule has 0 bridgehead atoms. The van der Waals surface area contributed by atoms with Crippen molar-refractivity contribution in [2.75, 3.05) is 0 Å². The number of nitrogens with zero attached hydrogens (tertiary/aromatic N) is 2. The Morgan fingerprint density at radius 3 is 2.43 bits per heavy atom. The lowest BCUT2D eigenvalue weighted by Crippen LogP contribution is -2.25. The van der Waals surface area contributed by atoms with Crippen LogP contribution in [0.1, 0.15) is 18.1 Å². The molecule has 0 spiro atoms. The van der Waals surface area contributed by atoms with Crippen molar-refractivity contribution >= 4 is 28.5 Å². The summed E-state index contributed by atoms with van der Waals surface area (Å²) in [6.45, 7) is 1.91. The topological polar surface area (TPSA) is 53.8 Å². The van der Waals surface area contributed by atoms with Gasteiger partial charge in [0, 0.05) is 0 Å². The molecule has 0 radical (unpaired) electrons. The van der Waals surface area contributed by atoms with Gasteiger partial charge in [-0.2, -0.15) is 5.10 Å². The Hall–Kier alpha value is -2.40. The molecule has 0 unspecified atom stereocenters.